The molecule has 0 radical (unpaired) electrons. The van der Waals surface area contributed by atoms with Gasteiger partial charge in [-0.3, -0.25) is 9.79 Å². The first-order chi connectivity index (χ1) is 11.7. The summed E-state index contributed by atoms with van der Waals surface area (Å²) in [6.07, 6.45) is 5.10. The van der Waals surface area contributed by atoms with Crippen LogP contribution >= 0.6 is 24.0 Å². The van der Waals surface area contributed by atoms with Gasteiger partial charge >= 0.3 is 0 Å². The molecule has 1 aromatic carbocycles. The van der Waals surface area contributed by atoms with E-state index in [4.69, 9.17) is 0 Å². The largest absolute Gasteiger partial charge is 0.357 e. The Morgan fingerprint density at radius 3 is 2.72 bits per heavy atom. The van der Waals surface area contributed by atoms with Gasteiger partial charge in [-0.25, -0.2) is 4.39 Å². The third-order valence-corrected chi connectivity index (χ3v) is 4.00. The number of rotatable bonds is 7. The van der Waals surface area contributed by atoms with Crippen molar-refractivity contribution in [3.63, 3.8) is 0 Å². The highest BCUT2D eigenvalue weighted by Gasteiger charge is 2.15. The summed E-state index contributed by atoms with van der Waals surface area (Å²) in [7, 11) is 0. The van der Waals surface area contributed by atoms with Crippen molar-refractivity contribution in [3.8, 4) is 0 Å². The summed E-state index contributed by atoms with van der Waals surface area (Å²) < 4.78 is 13.1. The van der Waals surface area contributed by atoms with Gasteiger partial charge in [0.1, 0.15) is 5.82 Å². The molecule has 1 aromatic rings. The zero-order valence-corrected chi connectivity index (χ0v) is 17.0. The molecule has 0 aliphatic heterocycles. The average Bonchev–Trinajstić information content (AvgIpc) is 3.04. The van der Waals surface area contributed by atoms with Crippen molar-refractivity contribution in [1.82, 2.24) is 16.0 Å². The van der Waals surface area contributed by atoms with Crippen LogP contribution in [0.5, 0.6) is 0 Å². The Morgan fingerprint density at radius 2 is 2.04 bits per heavy atom. The van der Waals surface area contributed by atoms with E-state index in [2.05, 4.69) is 20.9 Å². The molecule has 25 heavy (non-hydrogen) atoms. The molecular weight excluding hydrogens is 434 g/mol. The van der Waals surface area contributed by atoms with Gasteiger partial charge in [0.25, 0.3) is 0 Å². The highest BCUT2D eigenvalue weighted by molar-refractivity contribution is 14.0. The van der Waals surface area contributed by atoms with Crippen LogP contribution in [0.15, 0.2) is 29.3 Å². The number of benzene rings is 1. The summed E-state index contributed by atoms with van der Waals surface area (Å²) in [5.41, 5.74) is 0.673. The summed E-state index contributed by atoms with van der Waals surface area (Å²) in [5, 5.41) is 9.48. The Morgan fingerprint density at radius 1 is 1.28 bits per heavy atom. The molecule has 3 N–H and O–H groups in total. The van der Waals surface area contributed by atoms with E-state index in [1.807, 2.05) is 6.92 Å². The molecule has 0 unspecified atom stereocenters. The molecule has 0 spiro atoms. The van der Waals surface area contributed by atoms with E-state index in [1.165, 1.54) is 37.8 Å². The number of guanidine groups is 1. The minimum atomic E-state index is -0.321. The fraction of sp³-hybridized carbons (Fsp3) is 0.556. The molecule has 1 amide bonds. The monoisotopic (exact) mass is 462 g/mol. The lowest BCUT2D eigenvalue weighted by Gasteiger charge is -2.16. The Bertz CT molecular complexity index is 562. The molecule has 1 fully saturated rings. The Labute approximate surface area is 166 Å². The summed E-state index contributed by atoms with van der Waals surface area (Å²) >= 11 is 0. The first-order valence-electron chi connectivity index (χ1n) is 8.73. The zero-order valence-electron chi connectivity index (χ0n) is 14.7. The van der Waals surface area contributed by atoms with Gasteiger partial charge in [0, 0.05) is 19.1 Å². The Balaban J connectivity index is 0.00000312. The lowest BCUT2D eigenvalue weighted by Crippen LogP contribution is -2.42. The molecule has 140 valence electrons. The second kappa shape index (κ2) is 12.1. The molecule has 0 saturated heterocycles. The Kier molecular flexibility index (Phi) is 10.4. The van der Waals surface area contributed by atoms with Crippen LogP contribution in [0.3, 0.4) is 0 Å². The van der Waals surface area contributed by atoms with Crippen molar-refractivity contribution in [2.75, 3.05) is 19.6 Å². The van der Waals surface area contributed by atoms with Crippen LogP contribution in [0.4, 0.5) is 4.39 Å². The molecule has 0 heterocycles. The molecule has 0 atom stereocenters. The van der Waals surface area contributed by atoms with Crippen LogP contribution < -0.4 is 16.0 Å². The maximum Gasteiger partial charge on any atom is 0.224 e. The normalized spacial score (nSPS) is 14.7. The number of nitrogens with one attached hydrogen (secondary N) is 3. The van der Waals surface area contributed by atoms with Crippen LogP contribution in [-0.2, 0) is 11.2 Å². The molecule has 1 aliphatic rings. The molecule has 0 aromatic heterocycles. The van der Waals surface area contributed by atoms with Gasteiger partial charge in [-0.15, -0.1) is 24.0 Å². The number of nitrogens with zero attached hydrogens (tertiary/aromatic N) is 1. The second-order valence-corrected chi connectivity index (χ2v) is 6.04. The number of aliphatic imine (C=N–C) groups is 1. The topological polar surface area (TPSA) is 65.5 Å². The van der Waals surface area contributed by atoms with Crippen molar-refractivity contribution in [2.45, 2.75) is 45.1 Å². The van der Waals surface area contributed by atoms with Crippen LogP contribution in [-0.4, -0.2) is 37.5 Å². The quantitative estimate of drug-likeness (QED) is 0.253. The van der Waals surface area contributed by atoms with Crippen molar-refractivity contribution < 1.29 is 9.18 Å². The SMILES string of the molecule is CCNC(=NCCNC(=O)Cc1cccc(F)c1)NC1CCCC1.I. The van der Waals surface area contributed by atoms with E-state index in [1.54, 1.807) is 12.1 Å². The standard InChI is InChI=1S/C18H27FN4O.HI/c1-2-20-18(23-16-8-3-4-9-16)22-11-10-21-17(24)13-14-6-5-7-15(19)12-14;/h5-7,12,16H,2-4,8-11,13H2,1H3,(H,21,24)(H2,20,22,23);1H. The predicted molar refractivity (Wildman–Crippen MR) is 110 cm³/mol. The molecule has 2 rings (SSSR count). The lowest BCUT2D eigenvalue weighted by molar-refractivity contribution is -0.120. The van der Waals surface area contributed by atoms with Gasteiger partial charge in [0.2, 0.25) is 5.91 Å². The fourth-order valence-corrected chi connectivity index (χ4v) is 2.84. The molecule has 7 heteroatoms. The zero-order chi connectivity index (χ0) is 17.2. The number of hydrogen-bond donors (Lipinski definition) is 3. The highest BCUT2D eigenvalue weighted by atomic mass is 127. The van der Waals surface area contributed by atoms with Gasteiger partial charge in [-0.05, 0) is 37.5 Å². The summed E-state index contributed by atoms with van der Waals surface area (Å²) in [4.78, 5) is 16.3. The van der Waals surface area contributed by atoms with Crippen LogP contribution in [0.2, 0.25) is 0 Å². The van der Waals surface area contributed by atoms with Gasteiger partial charge in [0.05, 0.1) is 13.0 Å². The summed E-state index contributed by atoms with van der Waals surface area (Å²) in [6.45, 7) is 3.82. The van der Waals surface area contributed by atoms with Crippen molar-refractivity contribution in [3.05, 3.63) is 35.6 Å². The van der Waals surface area contributed by atoms with E-state index < -0.39 is 0 Å². The fourth-order valence-electron chi connectivity index (χ4n) is 2.84. The van der Waals surface area contributed by atoms with Crippen molar-refractivity contribution >= 4 is 35.8 Å². The minimum Gasteiger partial charge on any atom is -0.357 e. The van der Waals surface area contributed by atoms with Crippen LogP contribution in [0.25, 0.3) is 0 Å². The van der Waals surface area contributed by atoms with Gasteiger partial charge < -0.3 is 16.0 Å². The van der Waals surface area contributed by atoms with Gasteiger partial charge in [0.15, 0.2) is 5.96 Å². The third kappa shape index (κ3) is 8.51. The number of carbonyl (C=O) groups is 1. The second-order valence-electron chi connectivity index (χ2n) is 6.04. The Hall–Kier alpha value is -1.38. The maximum absolute atomic E-state index is 13.1. The van der Waals surface area contributed by atoms with Crippen LogP contribution in [0.1, 0.15) is 38.2 Å². The molecule has 0 bridgehead atoms. The van der Waals surface area contributed by atoms with E-state index >= 15 is 0 Å². The van der Waals surface area contributed by atoms with E-state index in [0.29, 0.717) is 24.7 Å². The molecule has 1 aliphatic carbocycles. The number of hydrogen-bond acceptors (Lipinski definition) is 2. The number of carbonyl (C=O) groups excluding carboxylic acids is 1. The summed E-state index contributed by atoms with van der Waals surface area (Å²) in [6, 6.07) is 6.61. The molecule has 1 saturated carbocycles. The minimum absolute atomic E-state index is 0. The molecule has 5 nitrogen and oxygen atoms in total. The average molecular weight is 462 g/mol. The third-order valence-electron chi connectivity index (χ3n) is 4.00. The smallest absolute Gasteiger partial charge is 0.224 e. The first kappa shape index (κ1) is 21.7. The summed E-state index contributed by atoms with van der Waals surface area (Å²) in [5.74, 6) is 0.367. The van der Waals surface area contributed by atoms with Gasteiger partial charge in [-0.1, -0.05) is 25.0 Å². The van der Waals surface area contributed by atoms with Crippen LogP contribution in [0, 0.1) is 5.82 Å². The van der Waals surface area contributed by atoms with E-state index in [-0.39, 0.29) is 42.1 Å². The number of amides is 1. The van der Waals surface area contributed by atoms with E-state index in [9.17, 15) is 9.18 Å². The molecular formula is C18H28FIN4O. The maximum atomic E-state index is 13.1. The van der Waals surface area contributed by atoms with Crippen molar-refractivity contribution in [2.24, 2.45) is 4.99 Å². The lowest BCUT2D eigenvalue weighted by atomic mass is 10.1. The van der Waals surface area contributed by atoms with Gasteiger partial charge in [-0.2, -0.15) is 0 Å². The van der Waals surface area contributed by atoms with Crippen molar-refractivity contribution in [1.29, 1.82) is 0 Å². The first-order valence-corrected chi connectivity index (χ1v) is 8.73. The highest BCUT2D eigenvalue weighted by Crippen LogP contribution is 2.17. The number of halogens is 2. The van der Waals surface area contributed by atoms with E-state index in [0.717, 1.165) is 12.5 Å². The predicted octanol–water partition coefficient (Wildman–Crippen LogP) is 2.60.